The molecule has 0 amide bonds. The molecule has 2 aromatic rings. The van der Waals surface area contributed by atoms with Gasteiger partial charge in [0.25, 0.3) is 0 Å². The number of halogens is 1. The lowest BCUT2D eigenvalue weighted by Gasteiger charge is -2.24. The Morgan fingerprint density at radius 3 is 2.86 bits per heavy atom. The maximum atomic E-state index is 11.8. The first kappa shape index (κ1) is 14.4. The van der Waals surface area contributed by atoms with E-state index in [1.807, 2.05) is 6.20 Å². The van der Waals surface area contributed by atoms with E-state index in [9.17, 15) is 4.79 Å². The van der Waals surface area contributed by atoms with Gasteiger partial charge in [-0.25, -0.2) is 0 Å². The number of esters is 1. The average molecular weight is 407 g/mol. The number of fused-ring (bicyclic) bond motifs is 2. The predicted molar refractivity (Wildman–Crippen MR) is 94.0 cm³/mol. The number of carbonyl (C=O) groups excluding carboxylic acids is 1. The molecule has 0 aliphatic heterocycles. The standard InChI is InChI=1S/C18H18INO2/c1-22-18(21)11-4-5-14-12(6-11)7-13-9-20-16(10-2-3-10)8-15(13)17(14)19/h7-11H,2-6H2,1H3. The Balaban J connectivity index is 1.78. The molecule has 0 spiro atoms. The highest BCUT2D eigenvalue weighted by Gasteiger charge is 2.28. The third-order valence-electron chi connectivity index (χ3n) is 4.91. The first-order chi connectivity index (χ1) is 10.7. The largest absolute Gasteiger partial charge is 0.469 e. The van der Waals surface area contributed by atoms with Crippen molar-refractivity contribution in [1.82, 2.24) is 4.98 Å². The second-order valence-electron chi connectivity index (χ2n) is 6.40. The number of pyridine rings is 1. The molecule has 1 atom stereocenters. The summed E-state index contributed by atoms with van der Waals surface area (Å²) in [7, 11) is 1.48. The van der Waals surface area contributed by atoms with Crippen molar-refractivity contribution in [3.8, 4) is 0 Å². The zero-order chi connectivity index (χ0) is 15.3. The number of nitrogens with zero attached hydrogens (tertiary/aromatic N) is 1. The second-order valence-corrected chi connectivity index (χ2v) is 7.47. The van der Waals surface area contributed by atoms with E-state index in [0.29, 0.717) is 5.92 Å². The van der Waals surface area contributed by atoms with Crippen LogP contribution >= 0.6 is 22.6 Å². The van der Waals surface area contributed by atoms with E-state index >= 15 is 0 Å². The summed E-state index contributed by atoms with van der Waals surface area (Å²) in [5.41, 5.74) is 3.95. The molecule has 1 heterocycles. The van der Waals surface area contributed by atoms with Crippen molar-refractivity contribution in [2.75, 3.05) is 7.11 Å². The molecule has 1 unspecified atom stereocenters. The fraction of sp³-hybridized carbons (Fsp3) is 0.444. The van der Waals surface area contributed by atoms with Crippen LogP contribution in [0.4, 0.5) is 0 Å². The van der Waals surface area contributed by atoms with Gasteiger partial charge in [-0.3, -0.25) is 9.78 Å². The average Bonchev–Trinajstić information content (AvgIpc) is 3.38. The number of ether oxygens (including phenoxy) is 1. The summed E-state index contributed by atoms with van der Waals surface area (Å²) < 4.78 is 6.26. The quantitative estimate of drug-likeness (QED) is 0.558. The fourth-order valence-corrected chi connectivity index (χ4v) is 4.56. The zero-order valence-electron chi connectivity index (χ0n) is 12.6. The molecular weight excluding hydrogens is 389 g/mol. The number of hydrogen-bond donors (Lipinski definition) is 0. The lowest BCUT2D eigenvalue weighted by atomic mass is 9.83. The normalized spacial score (nSPS) is 20.7. The molecule has 22 heavy (non-hydrogen) atoms. The van der Waals surface area contributed by atoms with Crippen LogP contribution in [0, 0.1) is 9.49 Å². The van der Waals surface area contributed by atoms with Crippen LogP contribution in [-0.2, 0) is 22.4 Å². The molecule has 1 aromatic heterocycles. The summed E-state index contributed by atoms with van der Waals surface area (Å²) >= 11 is 2.47. The summed E-state index contributed by atoms with van der Waals surface area (Å²) in [5, 5.41) is 2.52. The van der Waals surface area contributed by atoms with Crippen LogP contribution in [0.15, 0.2) is 18.3 Å². The molecular formula is C18H18INO2. The molecule has 1 aromatic carbocycles. The summed E-state index contributed by atoms with van der Waals surface area (Å²) in [6, 6.07) is 4.51. The SMILES string of the molecule is COC(=O)C1CCc2c(cc3cnc(C4CC4)cc3c2I)C1. The van der Waals surface area contributed by atoms with Crippen LogP contribution < -0.4 is 0 Å². The number of carbonyl (C=O) groups is 1. The van der Waals surface area contributed by atoms with E-state index in [4.69, 9.17) is 4.74 Å². The first-order valence-corrected chi connectivity index (χ1v) is 8.93. The topological polar surface area (TPSA) is 39.2 Å². The van der Waals surface area contributed by atoms with E-state index in [0.717, 1.165) is 19.3 Å². The monoisotopic (exact) mass is 407 g/mol. The molecule has 0 N–H and O–H groups in total. The summed E-state index contributed by atoms with van der Waals surface area (Å²) in [6.45, 7) is 0. The van der Waals surface area contributed by atoms with Crippen LogP contribution in [0.1, 0.15) is 42.0 Å². The van der Waals surface area contributed by atoms with Crippen molar-refractivity contribution >= 4 is 39.3 Å². The minimum Gasteiger partial charge on any atom is -0.469 e. The molecule has 2 aliphatic rings. The number of aromatic nitrogens is 1. The third-order valence-corrected chi connectivity index (χ3v) is 6.15. The van der Waals surface area contributed by atoms with Crippen molar-refractivity contribution in [2.45, 2.75) is 38.0 Å². The van der Waals surface area contributed by atoms with Crippen molar-refractivity contribution in [1.29, 1.82) is 0 Å². The number of methoxy groups -OCH3 is 1. The highest BCUT2D eigenvalue weighted by molar-refractivity contribution is 14.1. The van der Waals surface area contributed by atoms with Gasteiger partial charge in [-0.15, -0.1) is 0 Å². The molecule has 114 valence electrons. The zero-order valence-corrected chi connectivity index (χ0v) is 14.7. The minimum atomic E-state index is -0.0806. The van der Waals surface area contributed by atoms with Gasteiger partial charge in [0.2, 0.25) is 0 Å². The summed E-state index contributed by atoms with van der Waals surface area (Å²) in [6.07, 6.45) is 7.21. The number of hydrogen-bond acceptors (Lipinski definition) is 3. The van der Waals surface area contributed by atoms with Crippen molar-refractivity contribution in [3.05, 3.63) is 38.7 Å². The van der Waals surface area contributed by atoms with Gasteiger partial charge in [0, 0.05) is 26.8 Å². The molecule has 4 rings (SSSR count). The Kier molecular flexibility index (Phi) is 3.59. The van der Waals surface area contributed by atoms with Gasteiger partial charge in [0.1, 0.15) is 0 Å². The van der Waals surface area contributed by atoms with E-state index in [1.165, 1.54) is 51.1 Å². The highest BCUT2D eigenvalue weighted by atomic mass is 127. The van der Waals surface area contributed by atoms with Crippen LogP contribution in [-0.4, -0.2) is 18.1 Å². The Labute approximate surface area is 143 Å². The van der Waals surface area contributed by atoms with Crippen molar-refractivity contribution < 1.29 is 9.53 Å². The van der Waals surface area contributed by atoms with Crippen LogP contribution in [0.3, 0.4) is 0 Å². The van der Waals surface area contributed by atoms with E-state index in [1.54, 1.807) is 0 Å². The van der Waals surface area contributed by atoms with Gasteiger partial charge in [0.15, 0.2) is 0 Å². The van der Waals surface area contributed by atoms with Gasteiger partial charge in [-0.05, 0) is 83.3 Å². The Hall–Kier alpha value is -1.17. The Morgan fingerprint density at radius 1 is 1.32 bits per heavy atom. The second kappa shape index (κ2) is 5.48. The highest BCUT2D eigenvalue weighted by Crippen LogP contribution is 2.41. The van der Waals surface area contributed by atoms with Crippen molar-refractivity contribution in [3.63, 3.8) is 0 Å². The number of benzene rings is 1. The summed E-state index contributed by atoms with van der Waals surface area (Å²) in [4.78, 5) is 16.4. The first-order valence-electron chi connectivity index (χ1n) is 7.85. The minimum absolute atomic E-state index is 0.00412. The molecule has 0 bridgehead atoms. The molecule has 3 nitrogen and oxygen atoms in total. The molecule has 4 heteroatoms. The third kappa shape index (κ3) is 2.41. The van der Waals surface area contributed by atoms with Gasteiger partial charge in [-0.2, -0.15) is 0 Å². The molecule has 2 aliphatic carbocycles. The summed E-state index contributed by atoms with van der Waals surface area (Å²) in [5.74, 6) is 0.604. The molecule has 1 saturated carbocycles. The fourth-order valence-electron chi connectivity index (χ4n) is 3.47. The maximum absolute atomic E-state index is 11.8. The smallest absolute Gasteiger partial charge is 0.309 e. The van der Waals surface area contributed by atoms with Crippen LogP contribution in [0.5, 0.6) is 0 Å². The van der Waals surface area contributed by atoms with Gasteiger partial charge in [-0.1, -0.05) is 0 Å². The predicted octanol–water partition coefficient (Wildman–Crippen LogP) is 3.99. The van der Waals surface area contributed by atoms with E-state index in [-0.39, 0.29) is 11.9 Å². The molecule has 1 fully saturated rings. The molecule has 0 radical (unpaired) electrons. The lowest BCUT2D eigenvalue weighted by Crippen LogP contribution is -2.24. The molecule has 0 saturated heterocycles. The Morgan fingerprint density at radius 2 is 2.14 bits per heavy atom. The van der Waals surface area contributed by atoms with E-state index in [2.05, 4.69) is 39.7 Å². The van der Waals surface area contributed by atoms with E-state index < -0.39 is 0 Å². The Bertz CT molecular complexity index is 767. The van der Waals surface area contributed by atoms with Gasteiger partial charge in [0.05, 0.1) is 13.0 Å². The van der Waals surface area contributed by atoms with Crippen LogP contribution in [0.25, 0.3) is 10.8 Å². The van der Waals surface area contributed by atoms with Crippen LogP contribution in [0.2, 0.25) is 0 Å². The lowest BCUT2D eigenvalue weighted by molar-refractivity contribution is -0.145. The number of rotatable bonds is 2. The van der Waals surface area contributed by atoms with Gasteiger partial charge < -0.3 is 4.74 Å². The van der Waals surface area contributed by atoms with Gasteiger partial charge >= 0.3 is 5.97 Å². The van der Waals surface area contributed by atoms with Crippen molar-refractivity contribution in [2.24, 2.45) is 5.92 Å². The maximum Gasteiger partial charge on any atom is 0.309 e.